The van der Waals surface area contributed by atoms with Gasteiger partial charge in [0.15, 0.2) is 0 Å². The Hall–Kier alpha value is -3.67. The summed E-state index contributed by atoms with van der Waals surface area (Å²) in [5.41, 5.74) is 5.63. The zero-order chi connectivity index (χ0) is 22.8. The number of carboxylic acid groups (broad SMARTS) is 2. The number of phenolic OH excluding ortho intramolecular Hbond substituents is 1. The third-order valence-corrected chi connectivity index (χ3v) is 3.96. The summed E-state index contributed by atoms with van der Waals surface area (Å²) in [5, 5.41) is 34.3. The number of phenols is 1. The molecule has 0 heterocycles. The summed E-state index contributed by atoms with van der Waals surface area (Å²) in [6.07, 6.45) is -0.946. The standard InChI is InChI=1S/C18H24N4O8/c1-9(20-14(24)8-19)16(27)21-12(7-15(25)26)17(28)22-13(18(29)30)6-10-2-4-11(23)5-3-10/h2-5,9,12-13,23H,6-8,19H2,1H3,(H,20,24)(H,21,27)(H,22,28)(H,25,26)(H,29,30). The molecule has 3 atom stereocenters. The molecule has 12 nitrogen and oxygen atoms in total. The number of hydrogen-bond donors (Lipinski definition) is 7. The maximum absolute atomic E-state index is 12.5. The van der Waals surface area contributed by atoms with E-state index in [0.29, 0.717) is 5.56 Å². The highest BCUT2D eigenvalue weighted by Gasteiger charge is 2.29. The number of carbonyl (C=O) groups excluding carboxylic acids is 3. The minimum atomic E-state index is -1.58. The van der Waals surface area contributed by atoms with Gasteiger partial charge in [0.05, 0.1) is 13.0 Å². The first-order valence-electron chi connectivity index (χ1n) is 8.86. The number of aliphatic carboxylic acids is 2. The molecule has 0 saturated carbocycles. The third kappa shape index (κ3) is 8.14. The van der Waals surface area contributed by atoms with Gasteiger partial charge < -0.3 is 37.0 Å². The van der Waals surface area contributed by atoms with Crippen LogP contribution in [0.5, 0.6) is 5.75 Å². The molecule has 0 bridgehead atoms. The molecule has 12 heteroatoms. The zero-order valence-electron chi connectivity index (χ0n) is 16.1. The Kier molecular flexibility index (Phi) is 9.23. The predicted molar refractivity (Wildman–Crippen MR) is 102 cm³/mol. The second kappa shape index (κ2) is 11.4. The Morgan fingerprint density at radius 2 is 1.50 bits per heavy atom. The fourth-order valence-electron chi connectivity index (χ4n) is 2.39. The van der Waals surface area contributed by atoms with Crippen LogP contribution >= 0.6 is 0 Å². The molecule has 0 saturated heterocycles. The Morgan fingerprint density at radius 1 is 0.933 bits per heavy atom. The van der Waals surface area contributed by atoms with Crippen LogP contribution in [0.3, 0.4) is 0 Å². The molecule has 1 aromatic rings. The third-order valence-electron chi connectivity index (χ3n) is 3.96. The van der Waals surface area contributed by atoms with E-state index in [1.165, 1.54) is 31.2 Å². The van der Waals surface area contributed by atoms with Crippen molar-refractivity contribution in [3.63, 3.8) is 0 Å². The van der Waals surface area contributed by atoms with Crippen molar-refractivity contribution < 1.29 is 39.3 Å². The van der Waals surface area contributed by atoms with Crippen LogP contribution in [0, 0.1) is 0 Å². The minimum Gasteiger partial charge on any atom is -0.508 e. The molecule has 0 aliphatic heterocycles. The summed E-state index contributed by atoms with van der Waals surface area (Å²) in [7, 11) is 0. The average Bonchev–Trinajstić information content (AvgIpc) is 2.67. The van der Waals surface area contributed by atoms with Gasteiger partial charge in [0.25, 0.3) is 0 Å². The normalized spacial score (nSPS) is 13.4. The smallest absolute Gasteiger partial charge is 0.326 e. The monoisotopic (exact) mass is 424 g/mol. The summed E-state index contributed by atoms with van der Waals surface area (Å²) in [6, 6.07) is 1.54. The van der Waals surface area contributed by atoms with Gasteiger partial charge in [-0.05, 0) is 24.6 Å². The molecule has 164 valence electrons. The first-order chi connectivity index (χ1) is 14.0. The molecule has 1 aromatic carbocycles. The molecule has 3 unspecified atom stereocenters. The number of aromatic hydroxyl groups is 1. The average molecular weight is 424 g/mol. The van der Waals surface area contributed by atoms with Gasteiger partial charge in [0.2, 0.25) is 17.7 Å². The summed E-state index contributed by atoms with van der Waals surface area (Å²) < 4.78 is 0. The molecule has 30 heavy (non-hydrogen) atoms. The van der Waals surface area contributed by atoms with Gasteiger partial charge in [-0.2, -0.15) is 0 Å². The Balaban J connectivity index is 2.87. The lowest BCUT2D eigenvalue weighted by atomic mass is 10.0. The quantitative estimate of drug-likeness (QED) is 0.208. The van der Waals surface area contributed by atoms with E-state index in [0.717, 1.165) is 0 Å². The number of nitrogens with one attached hydrogen (secondary N) is 3. The lowest BCUT2D eigenvalue weighted by Crippen LogP contribution is -2.56. The van der Waals surface area contributed by atoms with Crippen LogP contribution in [0.25, 0.3) is 0 Å². The second-order valence-corrected chi connectivity index (χ2v) is 6.42. The van der Waals surface area contributed by atoms with Crippen LogP contribution in [-0.4, -0.2) is 69.7 Å². The molecular weight excluding hydrogens is 400 g/mol. The van der Waals surface area contributed by atoms with Crippen molar-refractivity contribution in [2.45, 2.75) is 37.9 Å². The zero-order valence-corrected chi connectivity index (χ0v) is 16.1. The largest absolute Gasteiger partial charge is 0.508 e. The number of amides is 3. The maximum Gasteiger partial charge on any atom is 0.326 e. The van der Waals surface area contributed by atoms with Crippen LogP contribution in [0.4, 0.5) is 0 Å². The van der Waals surface area contributed by atoms with Crippen LogP contribution in [0.1, 0.15) is 18.9 Å². The van der Waals surface area contributed by atoms with Gasteiger partial charge in [-0.25, -0.2) is 4.79 Å². The van der Waals surface area contributed by atoms with Crippen molar-refractivity contribution in [2.75, 3.05) is 6.54 Å². The summed E-state index contributed by atoms with van der Waals surface area (Å²) in [5.74, 6) is -5.29. The molecule has 8 N–H and O–H groups in total. The van der Waals surface area contributed by atoms with Gasteiger partial charge in [0.1, 0.15) is 23.9 Å². The van der Waals surface area contributed by atoms with Gasteiger partial charge in [-0.3, -0.25) is 19.2 Å². The van der Waals surface area contributed by atoms with E-state index in [9.17, 15) is 34.2 Å². The molecule has 0 fully saturated rings. The first kappa shape index (κ1) is 24.4. The van der Waals surface area contributed by atoms with E-state index in [4.69, 9.17) is 10.8 Å². The van der Waals surface area contributed by atoms with Crippen molar-refractivity contribution in [1.82, 2.24) is 16.0 Å². The highest BCUT2D eigenvalue weighted by Crippen LogP contribution is 2.11. The van der Waals surface area contributed by atoms with Gasteiger partial charge >= 0.3 is 11.9 Å². The summed E-state index contributed by atoms with van der Waals surface area (Å²) in [4.78, 5) is 58.5. The van der Waals surface area contributed by atoms with Gasteiger partial charge in [0, 0.05) is 6.42 Å². The van der Waals surface area contributed by atoms with E-state index in [-0.39, 0.29) is 18.7 Å². The topological polar surface area (TPSA) is 208 Å². The molecule has 3 amide bonds. The SMILES string of the molecule is CC(NC(=O)CN)C(=O)NC(CC(=O)O)C(=O)NC(Cc1ccc(O)cc1)C(=O)O. The van der Waals surface area contributed by atoms with Crippen molar-refractivity contribution in [3.8, 4) is 5.75 Å². The van der Waals surface area contributed by atoms with Gasteiger partial charge in [-0.1, -0.05) is 12.1 Å². The Labute approximate surface area is 171 Å². The van der Waals surface area contributed by atoms with Crippen LogP contribution < -0.4 is 21.7 Å². The minimum absolute atomic E-state index is 0.0188. The van der Waals surface area contributed by atoms with Crippen molar-refractivity contribution in [2.24, 2.45) is 5.73 Å². The molecule has 1 rings (SSSR count). The van der Waals surface area contributed by atoms with Crippen LogP contribution in [0.2, 0.25) is 0 Å². The number of nitrogens with two attached hydrogens (primary N) is 1. The molecule has 0 aromatic heterocycles. The van der Waals surface area contributed by atoms with Crippen molar-refractivity contribution >= 4 is 29.7 Å². The van der Waals surface area contributed by atoms with Crippen LogP contribution in [-0.2, 0) is 30.4 Å². The van der Waals surface area contributed by atoms with Gasteiger partial charge in [-0.15, -0.1) is 0 Å². The fraction of sp³-hybridized carbons (Fsp3) is 0.389. The number of carbonyl (C=O) groups is 5. The molecular formula is C18H24N4O8. The number of hydrogen-bond acceptors (Lipinski definition) is 7. The first-order valence-corrected chi connectivity index (χ1v) is 8.86. The van der Waals surface area contributed by atoms with E-state index >= 15 is 0 Å². The maximum atomic E-state index is 12.5. The lowest BCUT2D eigenvalue weighted by molar-refractivity contribution is -0.143. The van der Waals surface area contributed by atoms with Crippen molar-refractivity contribution in [1.29, 1.82) is 0 Å². The predicted octanol–water partition coefficient (Wildman–Crippen LogP) is -2.07. The number of carboxylic acids is 2. The molecule has 0 aliphatic rings. The summed E-state index contributed by atoms with van der Waals surface area (Å²) in [6.45, 7) is 0.942. The van der Waals surface area contributed by atoms with E-state index in [2.05, 4.69) is 16.0 Å². The fourth-order valence-corrected chi connectivity index (χ4v) is 2.39. The summed E-state index contributed by atoms with van der Waals surface area (Å²) >= 11 is 0. The molecule has 0 aliphatic carbocycles. The van der Waals surface area contributed by atoms with Crippen molar-refractivity contribution in [3.05, 3.63) is 29.8 Å². The molecule has 0 radical (unpaired) electrons. The van der Waals surface area contributed by atoms with E-state index < -0.39 is 54.2 Å². The highest BCUT2D eigenvalue weighted by atomic mass is 16.4. The highest BCUT2D eigenvalue weighted by molar-refractivity contribution is 5.95. The number of rotatable bonds is 11. The van der Waals surface area contributed by atoms with E-state index in [1.54, 1.807) is 0 Å². The molecule has 0 spiro atoms. The Bertz CT molecular complexity index is 796. The van der Waals surface area contributed by atoms with Crippen LogP contribution in [0.15, 0.2) is 24.3 Å². The Morgan fingerprint density at radius 3 is 2.00 bits per heavy atom. The van der Waals surface area contributed by atoms with E-state index in [1.807, 2.05) is 0 Å². The second-order valence-electron chi connectivity index (χ2n) is 6.42. The number of benzene rings is 1. The lowest BCUT2D eigenvalue weighted by Gasteiger charge is -2.22.